The Kier molecular flexibility index (Phi) is 9.34. The van der Waals surface area contributed by atoms with Crippen molar-refractivity contribution in [2.75, 3.05) is 26.9 Å². The minimum Gasteiger partial charge on any atom is -0.490 e. The van der Waals surface area contributed by atoms with Gasteiger partial charge in [-0.1, -0.05) is 45.7 Å². The lowest BCUT2D eigenvalue weighted by Gasteiger charge is -2.44. The number of hydrogen-bond acceptors (Lipinski definition) is 6. The number of nitrogens with zero attached hydrogens (tertiary/aromatic N) is 1. The maximum absolute atomic E-state index is 13.6. The molecule has 1 aliphatic heterocycles. The molecule has 0 atom stereocenters. The molecule has 0 spiro atoms. The summed E-state index contributed by atoms with van der Waals surface area (Å²) in [5.74, 6) is 0.717. The molecule has 0 N–H and O–H groups in total. The molecule has 2 aliphatic carbocycles. The lowest BCUT2D eigenvalue weighted by atomic mass is 9.71. The van der Waals surface area contributed by atoms with Crippen LogP contribution in [0.2, 0.25) is 5.02 Å². The molecule has 6 nitrogen and oxygen atoms in total. The molecule has 8 heteroatoms. The van der Waals surface area contributed by atoms with Crippen LogP contribution in [0.5, 0.6) is 11.5 Å². The van der Waals surface area contributed by atoms with Crippen LogP contribution in [0.15, 0.2) is 63.4 Å². The minimum absolute atomic E-state index is 0.108. The van der Waals surface area contributed by atoms with Crippen LogP contribution in [-0.2, 0) is 20.9 Å². The summed E-state index contributed by atoms with van der Waals surface area (Å²) in [5.41, 5.74) is 5.35. The number of rotatable bonds is 10. The SMILES string of the molecule is CCOc1cc(C2C3=C(CCCC3=O)N(CCCOC)C3=C2C(=O)CCC3)cc(Cl)c1OCc1ccccc1Br. The highest BCUT2D eigenvalue weighted by atomic mass is 79.9. The molecule has 0 unspecified atom stereocenters. The van der Waals surface area contributed by atoms with Gasteiger partial charge in [-0.2, -0.15) is 0 Å². The first kappa shape index (κ1) is 28.9. The highest BCUT2D eigenvalue weighted by molar-refractivity contribution is 9.10. The van der Waals surface area contributed by atoms with Crippen molar-refractivity contribution in [2.45, 2.75) is 64.4 Å². The van der Waals surface area contributed by atoms with Gasteiger partial charge in [0.05, 0.1) is 11.6 Å². The average Bonchev–Trinajstić information content (AvgIpc) is 2.94. The molecule has 0 bridgehead atoms. The molecule has 0 saturated heterocycles. The van der Waals surface area contributed by atoms with Crippen molar-refractivity contribution in [2.24, 2.45) is 0 Å². The molecule has 1 heterocycles. The van der Waals surface area contributed by atoms with Gasteiger partial charge < -0.3 is 19.1 Å². The van der Waals surface area contributed by atoms with E-state index in [9.17, 15) is 9.59 Å². The largest absolute Gasteiger partial charge is 0.490 e. The number of ether oxygens (including phenoxy) is 3. The summed E-state index contributed by atoms with van der Waals surface area (Å²) in [5, 5.41) is 0.395. The minimum atomic E-state index is -0.460. The average molecular weight is 629 g/mol. The van der Waals surface area contributed by atoms with Crippen molar-refractivity contribution in [3.8, 4) is 11.5 Å². The molecular weight excluding hydrogens is 594 g/mol. The number of methoxy groups -OCH3 is 1. The number of Topliss-reactive ketones (excluding diaryl/α,β-unsaturated/α-hetero) is 2. The number of allylic oxidation sites excluding steroid dienone is 4. The number of carbonyl (C=O) groups excluding carboxylic acids is 2. The predicted octanol–water partition coefficient (Wildman–Crippen LogP) is 7.53. The van der Waals surface area contributed by atoms with Crippen LogP contribution in [0.4, 0.5) is 0 Å². The lowest BCUT2D eigenvalue weighted by molar-refractivity contribution is -0.117. The molecule has 40 heavy (non-hydrogen) atoms. The first-order chi connectivity index (χ1) is 19.4. The van der Waals surface area contributed by atoms with Gasteiger partial charge in [0.1, 0.15) is 6.61 Å². The van der Waals surface area contributed by atoms with Gasteiger partial charge in [0.15, 0.2) is 23.1 Å². The van der Waals surface area contributed by atoms with E-state index >= 15 is 0 Å². The standard InChI is InChI=1S/C32H35BrClNO5/c1-3-39-28-18-21(17-23(34)32(28)40-19-20-9-4-5-10-22(20)33)29-30-24(11-6-13-26(30)36)35(15-8-16-38-2)25-12-7-14-27(37)31(25)29/h4-5,9-10,17-18,29H,3,6-8,11-16,19H2,1-2H3. The Morgan fingerprint density at radius 1 is 0.975 bits per heavy atom. The van der Waals surface area contributed by atoms with Crippen molar-refractivity contribution < 1.29 is 23.8 Å². The quantitative estimate of drug-likeness (QED) is 0.254. The number of carbonyl (C=O) groups is 2. The molecular formula is C32H35BrClNO5. The van der Waals surface area contributed by atoms with E-state index in [2.05, 4.69) is 20.8 Å². The summed E-state index contributed by atoms with van der Waals surface area (Å²) >= 11 is 10.5. The fourth-order valence-electron chi connectivity index (χ4n) is 6.11. The summed E-state index contributed by atoms with van der Waals surface area (Å²) in [6, 6.07) is 11.6. The molecule has 2 aromatic carbocycles. The third-order valence-electron chi connectivity index (χ3n) is 7.81. The Morgan fingerprint density at radius 3 is 2.27 bits per heavy atom. The summed E-state index contributed by atoms with van der Waals surface area (Å²) in [7, 11) is 1.70. The van der Waals surface area contributed by atoms with Crippen molar-refractivity contribution >= 4 is 39.1 Å². The number of hydrogen-bond donors (Lipinski definition) is 0. The van der Waals surface area contributed by atoms with E-state index in [1.807, 2.05) is 43.3 Å². The molecule has 0 saturated carbocycles. The second kappa shape index (κ2) is 12.9. The zero-order valence-electron chi connectivity index (χ0n) is 23.1. The molecule has 0 fully saturated rings. The maximum Gasteiger partial charge on any atom is 0.180 e. The Hall–Kier alpha value is -2.61. The molecule has 3 aliphatic rings. The van der Waals surface area contributed by atoms with Gasteiger partial charge in [-0.15, -0.1) is 0 Å². The first-order valence-corrected chi connectivity index (χ1v) is 15.2. The smallest absolute Gasteiger partial charge is 0.180 e. The van der Waals surface area contributed by atoms with E-state index in [1.54, 1.807) is 7.11 Å². The van der Waals surface area contributed by atoms with Crippen molar-refractivity contribution in [1.82, 2.24) is 4.90 Å². The Labute approximate surface area is 249 Å². The number of halogens is 2. The van der Waals surface area contributed by atoms with Gasteiger partial charge in [0.25, 0.3) is 0 Å². The van der Waals surface area contributed by atoms with Crippen LogP contribution in [0.3, 0.4) is 0 Å². The normalized spacial score (nSPS) is 17.8. The number of benzene rings is 2. The van der Waals surface area contributed by atoms with Crippen LogP contribution in [0, 0.1) is 0 Å². The van der Waals surface area contributed by atoms with E-state index in [1.165, 1.54) is 0 Å². The molecule has 212 valence electrons. The second-order valence-corrected chi connectivity index (χ2v) is 11.6. The zero-order chi connectivity index (χ0) is 28.2. The summed E-state index contributed by atoms with van der Waals surface area (Å²) in [4.78, 5) is 29.4. The highest BCUT2D eigenvalue weighted by Crippen LogP contribution is 2.51. The first-order valence-electron chi connectivity index (χ1n) is 14.1. The van der Waals surface area contributed by atoms with Crippen molar-refractivity contribution in [1.29, 1.82) is 0 Å². The monoisotopic (exact) mass is 627 g/mol. The van der Waals surface area contributed by atoms with Gasteiger partial charge in [0.2, 0.25) is 0 Å². The predicted molar refractivity (Wildman–Crippen MR) is 159 cm³/mol. The van der Waals surface area contributed by atoms with E-state index in [0.29, 0.717) is 49.2 Å². The van der Waals surface area contributed by atoms with Crippen molar-refractivity contribution in [3.05, 3.63) is 79.6 Å². The molecule has 5 rings (SSSR count). The fraction of sp³-hybridized carbons (Fsp3) is 0.438. The van der Waals surface area contributed by atoms with Crippen LogP contribution < -0.4 is 9.47 Å². The van der Waals surface area contributed by atoms with Crippen LogP contribution in [0.25, 0.3) is 0 Å². The highest BCUT2D eigenvalue weighted by Gasteiger charge is 2.43. The molecule has 2 aromatic rings. The summed E-state index contributed by atoms with van der Waals surface area (Å²) in [6.07, 6.45) is 5.04. The van der Waals surface area contributed by atoms with E-state index < -0.39 is 5.92 Å². The molecule has 0 radical (unpaired) electrons. The Balaban J connectivity index is 1.60. The van der Waals surface area contributed by atoms with Gasteiger partial charge in [-0.3, -0.25) is 9.59 Å². The third-order valence-corrected chi connectivity index (χ3v) is 8.87. The maximum atomic E-state index is 13.6. The van der Waals surface area contributed by atoms with Crippen LogP contribution >= 0.6 is 27.5 Å². The Bertz CT molecular complexity index is 1320. The summed E-state index contributed by atoms with van der Waals surface area (Å²) < 4.78 is 18.5. The fourth-order valence-corrected chi connectivity index (χ4v) is 6.78. The van der Waals surface area contributed by atoms with Gasteiger partial charge >= 0.3 is 0 Å². The van der Waals surface area contributed by atoms with Crippen molar-refractivity contribution in [3.63, 3.8) is 0 Å². The van der Waals surface area contributed by atoms with Gasteiger partial charge in [-0.25, -0.2) is 0 Å². The van der Waals surface area contributed by atoms with E-state index in [-0.39, 0.29) is 11.6 Å². The Morgan fingerprint density at radius 2 is 1.65 bits per heavy atom. The molecule has 0 amide bonds. The van der Waals surface area contributed by atoms with Crippen LogP contribution in [0.1, 0.15) is 68.9 Å². The third kappa shape index (κ3) is 5.74. The van der Waals surface area contributed by atoms with E-state index in [0.717, 1.165) is 76.8 Å². The number of ketones is 2. The lowest BCUT2D eigenvalue weighted by Crippen LogP contribution is -2.39. The topological polar surface area (TPSA) is 65.1 Å². The van der Waals surface area contributed by atoms with Crippen LogP contribution in [-0.4, -0.2) is 43.3 Å². The zero-order valence-corrected chi connectivity index (χ0v) is 25.4. The van der Waals surface area contributed by atoms with Gasteiger partial charge in [0, 0.05) is 71.6 Å². The molecule has 0 aromatic heterocycles. The van der Waals surface area contributed by atoms with E-state index in [4.69, 9.17) is 25.8 Å². The second-order valence-electron chi connectivity index (χ2n) is 10.3. The summed E-state index contributed by atoms with van der Waals surface area (Å²) in [6.45, 7) is 3.99. The van der Waals surface area contributed by atoms with Gasteiger partial charge in [-0.05, 0) is 62.8 Å².